The number of imidazole rings is 1. The van der Waals surface area contributed by atoms with Crippen molar-refractivity contribution in [2.24, 2.45) is 0 Å². The van der Waals surface area contributed by atoms with Crippen LogP contribution in [-0.2, 0) is 0 Å². The van der Waals surface area contributed by atoms with Gasteiger partial charge in [-0.3, -0.25) is 9.20 Å². The summed E-state index contributed by atoms with van der Waals surface area (Å²) in [5, 5.41) is 2.70. The topological polar surface area (TPSA) is 34.4 Å². The Labute approximate surface area is 148 Å². The van der Waals surface area contributed by atoms with Crippen molar-refractivity contribution < 1.29 is 4.79 Å². The molecule has 0 aliphatic heterocycles. The minimum absolute atomic E-state index is 0.569. The highest BCUT2D eigenvalue weighted by atomic mass is 35.5. The van der Waals surface area contributed by atoms with E-state index in [9.17, 15) is 4.79 Å². The average molecular weight is 353 g/mol. The smallest absolute Gasteiger partial charge is 0.195 e. The number of hydrogen-bond donors (Lipinski definition) is 0. The van der Waals surface area contributed by atoms with Crippen LogP contribution >= 0.6 is 22.9 Å². The Balaban J connectivity index is 1.94. The van der Waals surface area contributed by atoms with Crippen molar-refractivity contribution >= 4 is 34.2 Å². The third-order valence-electron chi connectivity index (χ3n) is 3.98. The number of carbonyl (C=O) groups is 1. The molecule has 0 aliphatic rings. The second-order valence-corrected chi connectivity index (χ2v) is 6.85. The van der Waals surface area contributed by atoms with E-state index in [-0.39, 0.29) is 0 Å². The van der Waals surface area contributed by atoms with Gasteiger partial charge in [-0.2, -0.15) is 0 Å². The first-order valence-electron chi connectivity index (χ1n) is 7.45. The van der Waals surface area contributed by atoms with Gasteiger partial charge < -0.3 is 0 Å². The molecule has 0 spiro atoms. The second kappa shape index (κ2) is 5.89. The van der Waals surface area contributed by atoms with Crippen LogP contribution in [0.2, 0.25) is 5.02 Å². The maximum absolute atomic E-state index is 11.8. The third kappa shape index (κ3) is 2.44. The summed E-state index contributed by atoms with van der Waals surface area (Å²) in [6.07, 6.45) is 0.876. The number of aldehydes is 1. The maximum atomic E-state index is 11.8. The summed E-state index contributed by atoms with van der Waals surface area (Å²) in [5.41, 5.74) is 5.35. The molecule has 0 unspecified atom stereocenters. The van der Waals surface area contributed by atoms with Crippen molar-refractivity contribution in [3.63, 3.8) is 0 Å². The molecule has 2 aromatic heterocycles. The number of fused-ring (bicyclic) bond motifs is 1. The van der Waals surface area contributed by atoms with E-state index in [2.05, 4.69) is 4.98 Å². The molecule has 0 N–H and O–H groups in total. The fraction of sp³-hybridized carbons (Fsp3) is 0.0526. The van der Waals surface area contributed by atoms with E-state index in [0.29, 0.717) is 16.4 Å². The molecule has 2 aromatic carbocycles. The van der Waals surface area contributed by atoms with Gasteiger partial charge in [-0.05, 0) is 24.6 Å². The summed E-state index contributed by atoms with van der Waals surface area (Å²) in [7, 11) is 0. The molecule has 0 saturated carbocycles. The zero-order valence-corrected chi connectivity index (χ0v) is 14.4. The molecular weight excluding hydrogens is 340 g/mol. The Bertz CT molecular complexity index is 1030. The quantitative estimate of drug-likeness (QED) is 0.456. The van der Waals surface area contributed by atoms with Crippen molar-refractivity contribution in [2.75, 3.05) is 0 Å². The lowest BCUT2D eigenvalue weighted by molar-refractivity contribution is 0.111. The third-order valence-corrected chi connectivity index (χ3v) is 5.05. The Morgan fingerprint density at radius 1 is 1.04 bits per heavy atom. The van der Waals surface area contributed by atoms with E-state index in [1.807, 2.05) is 65.2 Å². The maximum Gasteiger partial charge on any atom is 0.195 e. The first-order valence-corrected chi connectivity index (χ1v) is 8.71. The van der Waals surface area contributed by atoms with Gasteiger partial charge >= 0.3 is 0 Å². The van der Waals surface area contributed by atoms with Crippen molar-refractivity contribution in [1.29, 1.82) is 0 Å². The van der Waals surface area contributed by atoms with Gasteiger partial charge in [0.1, 0.15) is 11.4 Å². The molecule has 4 rings (SSSR count). The monoisotopic (exact) mass is 352 g/mol. The highest BCUT2D eigenvalue weighted by Crippen LogP contribution is 2.32. The molecular formula is C19H13ClN2OS. The lowest BCUT2D eigenvalue weighted by Crippen LogP contribution is -1.94. The molecule has 5 heteroatoms. The standard InChI is InChI=1S/C19H13ClN2OS/c1-12-2-4-14(5-3-12)18-16(10-23)22-17(11-24-19(22)21-18)13-6-8-15(20)9-7-13/h2-11H,1H3. The van der Waals surface area contributed by atoms with Crippen LogP contribution in [0.15, 0.2) is 53.9 Å². The molecule has 118 valence electrons. The van der Waals surface area contributed by atoms with Gasteiger partial charge in [0.25, 0.3) is 0 Å². The summed E-state index contributed by atoms with van der Waals surface area (Å²) in [4.78, 5) is 17.3. The number of aryl methyl sites for hydroxylation is 1. The Hall–Kier alpha value is -2.43. The van der Waals surface area contributed by atoms with Crippen molar-refractivity contribution in [3.05, 3.63) is 70.2 Å². The van der Waals surface area contributed by atoms with Crippen molar-refractivity contribution in [2.45, 2.75) is 6.92 Å². The Morgan fingerprint density at radius 3 is 2.38 bits per heavy atom. The fourth-order valence-electron chi connectivity index (χ4n) is 2.74. The SMILES string of the molecule is Cc1ccc(-c2nc3scc(-c4ccc(Cl)cc4)n3c2C=O)cc1. The van der Waals surface area contributed by atoms with E-state index in [1.165, 1.54) is 16.9 Å². The van der Waals surface area contributed by atoms with Gasteiger partial charge in [-0.15, -0.1) is 11.3 Å². The number of hydrogen-bond acceptors (Lipinski definition) is 3. The van der Waals surface area contributed by atoms with Crippen LogP contribution in [0.1, 0.15) is 16.1 Å². The van der Waals surface area contributed by atoms with Crippen LogP contribution in [0, 0.1) is 6.92 Å². The van der Waals surface area contributed by atoms with E-state index in [1.54, 1.807) is 0 Å². The van der Waals surface area contributed by atoms with Gasteiger partial charge in [0.15, 0.2) is 11.2 Å². The van der Waals surface area contributed by atoms with Crippen molar-refractivity contribution in [3.8, 4) is 22.5 Å². The molecule has 0 bridgehead atoms. The first kappa shape index (κ1) is 15.1. The lowest BCUT2D eigenvalue weighted by Gasteiger charge is -2.03. The number of benzene rings is 2. The zero-order valence-electron chi connectivity index (χ0n) is 12.9. The molecule has 24 heavy (non-hydrogen) atoms. The Morgan fingerprint density at radius 2 is 1.71 bits per heavy atom. The van der Waals surface area contributed by atoms with Crippen LogP contribution in [0.25, 0.3) is 27.5 Å². The predicted octanol–water partition coefficient (Wildman–Crippen LogP) is 5.50. The van der Waals surface area contributed by atoms with Gasteiger partial charge in [0, 0.05) is 16.0 Å². The van der Waals surface area contributed by atoms with Gasteiger partial charge in [-0.25, -0.2) is 4.98 Å². The van der Waals surface area contributed by atoms with E-state index >= 15 is 0 Å². The minimum atomic E-state index is 0.569. The van der Waals surface area contributed by atoms with Gasteiger partial charge in [0.2, 0.25) is 0 Å². The van der Waals surface area contributed by atoms with E-state index < -0.39 is 0 Å². The normalized spacial score (nSPS) is 11.1. The largest absolute Gasteiger partial charge is 0.296 e. The number of aromatic nitrogens is 2. The summed E-state index contributed by atoms with van der Waals surface area (Å²) in [5.74, 6) is 0. The molecule has 0 aliphatic carbocycles. The number of carbonyl (C=O) groups excluding carboxylic acids is 1. The lowest BCUT2D eigenvalue weighted by atomic mass is 10.1. The zero-order chi connectivity index (χ0) is 16.7. The molecule has 0 amide bonds. The highest BCUT2D eigenvalue weighted by molar-refractivity contribution is 7.15. The number of rotatable bonds is 3. The van der Waals surface area contributed by atoms with Crippen molar-refractivity contribution in [1.82, 2.24) is 9.38 Å². The summed E-state index contributed by atoms with van der Waals surface area (Å²) < 4.78 is 1.91. The van der Waals surface area contributed by atoms with E-state index in [4.69, 9.17) is 11.6 Å². The van der Waals surface area contributed by atoms with Crippen LogP contribution in [0.3, 0.4) is 0 Å². The van der Waals surface area contributed by atoms with Gasteiger partial charge in [-0.1, -0.05) is 53.6 Å². The van der Waals surface area contributed by atoms with Crippen LogP contribution in [0.5, 0.6) is 0 Å². The summed E-state index contributed by atoms with van der Waals surface area (Å²) in [6.45, 7) is 2.04. The van der Waals surface area contributed by atoms with Crippen LogP contribution in [0.4, 0.5) is 0 Å². The summed E-state index contributed by atoms with van der Waals surface area (Å²) >= 11 is 7.50. The molecule has 4 aromatic rings. The van der Waals surface area contributed by atoms with Crippen LogP contribution < -0.4 is 0 Å². The molecule has 3 nitrogen and oxygen atoms in total. The summed E-state index contributed by atoms with van der Waals surface area (Å²) in [6, 6.07) is 15.6. The highest BCUT2D eigenvalue weighted by Gasteiger charge is 2.18. The fourth-order valence-corrected chi connectivity index (χ4v) is 3.77. The number of thiazole rings is 1. The molecule has 0 radical (unpaired) electrons. The van der Waals surface area contributed by atoms with E-state index in [0.717, 1.165) is 28.1 Å². The van der Waals surface area contributed by atoms with Gasteiger partial charge in [0.05, 0.1) is 5.69 Å². The molecule has 2 heterocycles. The second-order valence-electron chi connectivity index (χ2n) is 5.58. The molecule has 0 saturated heterocycles. The molecule has 0 fully saturated rings. The minimum Gasteiger partial charge on any atom is -0.296 e. The predicted molar refractivity (Wildman–Crippen MR) is 99.1 cm³/mol. The Kier molecular flexibility index (Phi) is 3.71. The number of halogens is 1. The van der Waals surface area contributed by atoms with Crippen LogP contribution in [-0.4, -0.2) is 15.7 Å². The first-order chi connectivity index (χ1) is 11.7. The molecule has 0 atom stereocenters. The number of nitrogens with zero attached hydrogens (tertiary/aromatic N) is 2. The average Bonchev–Trinajstić information content (AvgIpc) is 3.15.